The largest absolute Gasteiger partial charge is 0.326 e. The summed E-state index contributed by atoms with van der Waals surface area (Å²) in [4.78, 5) is 17.4. The maximum atomic E-state index is 13.9. The molecule has 1 aromatic heterocycles. The van der Waals surface area contributed by atoms with E-state index in [0.29, 0.717) is 24.5 Å². The van der Waals surface area contributed by atoms with Gasteiger partial charge in [0.25, 0.3) is 5.91 Å². The SMILES string of the molecule is CCn1nc(C)c(CCN=C(NC(=O)c2ccc(C)c(F)c2)Nc2cccc(C)c2)c1C. The molecule has 6 nitrogen and oxygen atoms in total. The third kappa shape index (κ3) is 5.60. The smallest absolute Gasteiger partial charge is 0.258 e. The zero-order valence-electron chi connectivity index (χ0n) is 19.3. The molecular formula is C25H30FN5O. The van der Waals surface area contributed by atoms with E-state index in [1.54, 1.807) is 19.1 Å². The number of hydrogen-bond donors (Lipinski definition) is 2. The molecule has 7 heteroatoms. The topological polar surface area (TPSA) is 71.3 Å². The maximum Gasteiger partial charge on any atom is 0.258 e. The number of benzene rings is 2. The molecule has 3 rings (SSSR count). The monoisotopic (exact) mass is 435 g/mol. The normalized spacial score (nSPS) is 11.5. The minimum Gasteiger partial charge on any atom is -0.326 e. The van der Waals surface area contributed by atoms with Crippen molar-refractivity contribution >= 4 is 17.6 Å². The van der Waals surface area contributed by atoms with Gasteiger partial charge >= 0.3 is 0 Å². The molecule has 168 valence electrons. The van der Waals surface area contributed by atoms with Gasteiger partial charge in [0.1, 0.15) is 5.82 Å². The van der Waals surface area contributed by atoms with Crippen LogP contribution in [-0.4, -0.2) is 28.2 Å². The van der Waals surface area contributed by atoms with Crippen molar-refractivity contribution in [3.8, 4) is 0 Å². The summed E-state index contributed by atoms with van der Waals surface area (Å²) < 4.78 is 15.9. The number of aryl methyl sites for hydroxylation is 4. The number of hydrogen-bond acceptors (Lipinski definition) is 3. The zero-order chi connectivity index (χ0) is 23.3. The second kappa shape index (κ2) is 10.2. The fourth-order valence-corrected chi connectivity index (χ4v) is 3.57. The van der Waals surface area contributed by atoms with Crippen LogP contribution in [0.3, 0.4) is 0 Å². The Labute approximate surface area is 188 Å². The number of carbonyl (C=O) groups is 1. The third-order valence-electron chi connectivity index (χ3n) is 5.41. The van der Waals surface area contributed by atoms with Crippen LogP contribution in [0.1, 0.15) is 45.4 Å². The van der Waals surface area contributed by atoms with Crippen molar-refractivity contribution in [1.82, 2.24) is 15.1 Å². The lowest BCUT2D eigenvalue weighted by molar-refractivity contribution is 0.0976. The highest BCUT2D eigenvalue weighted by Crippen LogP contribution is 2.14. The molecular weight excluding hydrogens is 405 g/mol. The number of halogens is 1. The highest BCUT2D eigenvalue weighted by molar-refractivity contribution is 6.10. The molecule has 0 unspecified atom stereocenters. The Balaban J connectivity index is 1.80. The highest BCUT2D eigenvalue weighted by Gasteiger charge is 2.13. The average Bonchev–Trinajstić information content (AvgIpc) is 3.03. The van der Waals surface area contributed by atoms with Gasteiger partial charge in [-0.1, -0.05) is 18.2 Å². The number of amides is 1. The summed E-state index contributed by atoms with van der Waals surface area (Å²) in [6, 6.07) is 12.2. The lowest BCUT2D eigenvalue weighted by atomic mass is 10.1. The van der Waals surface area contributed by atoms with E-state index in [9.17, 15) is 9.18 Å². The Morgan fingerprint density at radius 2 is 1.91 bits per heavy atom. The van der Waals surface area contributed by atoms with Crippen LogP contribution in [0.15, 0.2) is 47.5 Å². The number of guanidine groups is 1. The van der Waals surface area contributed by atoms with Gasteiger partial charge in [-0.15, -0.1) is 0 Å². The number of nitrogens with one attached hydrogen (secondary N) is 2. The molecule has 0 atom stereocenters. The van der Waals surface area contributed by atoms with Crippen LogP contribution in [-0.2, 0) is 13.0 Å². The van der Waals surface area contributed by atoms with E-state index in [-0.39, 0.29) is 5.56 Å². The van der Waals surface area contributed by atoms with Gasteiger partial charge in [-0.05, 0) is 82.0 Å². The van der Waals surface area contributed by atoms with Gasteiger partial charge in [-0.3, -0.25) is 19.8 Å². The van der Waals surface area contributed by atoms with E-state index in [1.807, 2.05) is 42.8 Å². The van der Waals surface area contributed by atoms with E-state index in [1.165, 1.54) is 6.07 Å². The molecule has 0 spiro atoms. The van der Waals surface area contributed by atoms with Gasteiger partial charge in [0.2, 0.25) is 5.96 Å². The summed E-state index contributed by atoms with van der Waals surface area (Å²) in [5.41, 5.74) is 5.91. The van der Waals surface area contributed by atoms with Crippen LogP contribution < -0.4 is 10.6 Å². The Hall–Kier alpha value is -3.48. The van der Waals surface area contributed by atoms with Gasteiger partial charge in [0, 0.05) is 30.0 Å². The lowest BCUT2D eigenvalue weighted by Crippen LogP contribution is -2.36. The number of nitrogens with zero attached hydrogens (tertiary/aromatic N) is 3. The van der Waals surface area contributed by atoms with Crippen LogP contribution >= 0.6 is 0 Å². The molecule has 1 heterocycles. The van der Waals surface area contributed by atoms with E-state index in [4.69, 9.17) is 0 Å². The van der Waals surface area contributed by atoms with E-state index in [2.05, 4.69) is 34.6 Å². The second-order valence-electron chi connectivity index (χ2n) is 7.86. The first kappa shape index (κ1) is 23.2. The maximum absolute atomic E-state index is 13.9. The minimum absolute atomic E-state index is 0.239. The van der Waals surface area contributed by atoms with Crippen LogP contribution in [0.2, 0.25) is 0 Å². The zero-order valence-corrected chi connectivity index (χ0v) is 19.3. The summed E-state index contributed by atoms with van der Waals surface area (Å²) in [7, 11) is 0. The number of rotatable bonds is 6. The number of aliphatic imine (C=N–C) groups is 1. The Bertz CT molecular complexity index is 1150. The van der Waals surface area contributed by atoms with Gasteiger partial charge in [0.05, 0.1) is 5.69 Å². The van der Waals surface area contributed by atoms with Gasteiger partial charge < -0.3 is 5.32 Å². The molecule has 0 fully saturated rings. The average molecular weight is 436 g/mol. The molecule has 0 aliphatic carbocycles. The van der Waals surface area contributed by atoms with Gasteiger partial charge in [-0.2, -0.15) is 5.10 Å². The van der Waals surface area contributed by atoms with Gasteiger partial charge in [-0.25, -0.2) is 4.39 Å². The summed E-state index contributed by atoms with van der Waals surface area (Å²) >= 11 is 0. The highest BCUT2D eigenvalue weighted by atomic mass is 19.1. The first-order chi connectivity index (χ1) is 15.3. The van der Waals surface area contributed by atoms with E-state index < -0.39 is 11.7 Å². The standard InChI is InChI=1S/C25H30FN5O/c1-6-31-19(5)22(18(4)30-31)12-13-27-25(28-21-9-7-8-16(2)14-21)29-24(32)20-11-10-17(3)23(26)15-20/h7-11,14-15H,6,12-13H2,1-5H3,(H2,27,28,29,32). The first-order valence-corrected chi connectivity index (χ1v) is 10.8. The molecule has 32 heavy (non-hydrogen) atoms. The van der Waals surface area contributed by atoms with Crippen LogP contribution in [0.5, 0.6) is 0 Å². The molecule has 0 aliphatic heterocycles. The molecule has 2 aromatic carbocycles. The lowest BCUT2D eigenvalue weighted by Gasteiger charge is -2.13. The Morgan fingerprint density at radius 1 is 1.12 bits per heavy atom. The number of aromatic nitrogens is 2. The quantitative estimate of drug-likeness (QED) is 0.435. The van der Waals surface area contributed by atoms with Crippen molar-refractivity contribution in [2.45, 2.75) is 47.6 Å². The molecule has 0 bridgehead atoms. The summed E-state index contributed by atoms with van der Waals surface area (Å²) in [6.45, 7) is 11.1. The number of carbonyl (C=O) groups excluding carboxylic acids is 1. The molecule has 3 aromatic rings. The third-order valence-corrected chi connectivity index (χ3v) is 5.41. The summed E-state index contributed by atoms with van der Waals surface area (Å²) in [6.07, 6.45) is 0.700. The summed E-state index contributed by atoms with van der Waals surface area (Å²) in [5.74, 6) is -0.518. The first-order valence-electron chi connectivity index (χ1n) is 10.8. The fourth-order valence-electron chi connectivity index (χ4n) is 3.57. The van der Waals surface area contributed by atoms with E-state index in [0.717, 1.165) is 34.7 Å². The molecule has 0 saturated heterocycles. The van der Waals surface area contributed by atoms with Gasteiger partial charge in [0.15, 0.2) is 0 Å². The van der Waals surface area contributed by atoms with Crippen molar-refractivity contribution in [2.24, 2.45) is 4.99 Å². The molecule has 0 radical (unpaired) electrons. The van der Waals surface area contributed by atoms with Crippen molar-refractivity contribution in [1.29, 1.82) is 0 Å². The molecule has 0 aliphatic rings. The van der Waals surface area contributed by atoms with Crippen molar-refractivity contribution < 1.29 is 9.18 Å². The number of anilines is 1. The van der Waals surface area contributed by atoms with Crippen molar-refractivity contribution in [2.75, 3.05) is 11.9 Å². The van der Waals surface area contributed by atoms with E-state index >= 15 is 0 Å². The van der Waals surface area contributed by atoms with Crippen molar-refractivity contribution in [3.63, 3.8) is 0 Å². The summed E-state index contributed by atoms with van der Waals surface area (Å²) in [5, 5.41) is 10.5. The second-order valence-corrected chi connectivity index (χ2v) is 7.86. The Morgan fingerprint density at radius 3 is 2.56 bits per heavy atom. The molecule has 0 saturated carbocycles. The predicted octanol–water partition coefficient (Wildman–Crippen LogP) is 4.72. The minimum atomic E-state index is -0.422. The Kier molecular flexibility index (Phi) is 7.41. The van der Waals surface area contributed by atoms with Crippen LogP contribution in [0.4, 0.5) is 10.1 Å². The predicted molar refractivity (Wildman–Crippen MR) is 127 cm³/mol. The fraction of sp³-hybridized carbons (Fsp3) is 0.320. The van der Waals surface area contributed by atoms with Crippen molar-refractivity contribution in [3.05, 3.63) is 81.9 Å². The van der Waals surface area contributed by atoms with Crippen LogP contribution in [0, 0.1) is 33.5 Å². The molecule has 2 N–H and O–H groups in total. The van der Waals surface area contributed by atoms with Crippen LogP contribution in [0.25, 0.3) is 0 Å². The molecule has 1 amide bonds.